The molecule has 0 spiro atoms. The van der Waals surface area contributed by atoms with E-state index in [1.807, 2.05) is 0 Å². The molecule has 0 radical (unpaired) electrons. The van der Waals surface area contributed by atoms with Gasteiger partial charge >= 0.3 is 0 Å². The molecule has 0 aromatic carbocycles. The van der Waals surface area contributed by atoms with Gasteiger partial charge in [-0.1, -0.05) is 0 Å². The van der Waals surface area contributed by atoms with E-state index in [0.29, 0.717) is 16.1 Å². The minimum Gasteiger partial charge on any atom is -0.340 e. The molecule has 0 bridgehead atoms. The van der Waals surface area contributed by atoms with Gasteiger partial charge in [0.05, 0.1) is 6.33 Å². The van der Waals surface area contributed by atoms with Crippen LogP contribution in [0.4, 0.5) is 0 Å². The molecule has 0 aliphatic heterocycles. The minimum atomic E-state index is 0.423. The van der Waals surface area contributed by atoms with Crippen LogP contribution in [-0.4, -0.2) is 29.5 Å². The summed E-state index contributed by atoms with van der Waals surface area (Å²) in [5.74, 6) is 0. The van der Waals surface area contributed by atoms with Gasteiger partial charge in [-0.25, -0.2) is 14.5 Å². The van der Waals surface area contributed by atoms with E-state index in [1.54, 1.807) is 17.2 Å². The second-order valence-electron chi connectivity index (χ2n) is 2.54. The lowest BCUT2D eigenvalue weighted by Gasteiger charge is -1.91. The van der Waals surface area contributed by atoms with Gasteiger partial charge in [-0.3, -0.25) is 5.10 Å². The van der Waals surface area contributed by atoms with Crippen LogP contribution in [0, 0.1) is 4.77 Å². The minimum absolute atomic E-state index is 0.423. The van der Waals surface area contributed by atoms with Crippen molar-refractivity contribution in [2.75, 3.05) is 0 Å². The normalized spacial score (nSPS) is 11.4. The number of nitrogens with one attached hydrogen (secondary N) is 2. The molecule has 3 aromatic heterocycles. The summed E-state index contributed by atoms with van der Waals surface area (Å²) in [6.07, 6.45) is 3.13. The van der Waals surface area contributed by atoms with Crippen LogP contribution in [0.25, 0.3) is 16.8 Å². The van der Waals surface area contributed by atoms with Gasteiger partial charge in [-0.05, 0) is 12.2 Å². The summed E-state index contributed by atoms with van der Waals surface area (Å²) >= 11 is 5.03. The summed E-state index contributed by atoms with van der Waals surface area (Å²) in [4.78, 5) is 15.2. The Balaban J connectivity index is 2.79. The molecule has 0 saturated carbocycles. The van der Waals surface area contributed by atoms with Crippen LogP contribution in [0.5, 0.6) is 0 Å². The molecule has 7 heteroatoms. The number of imidazole rings is 1. The molecule has 0 unspecified atom stereocenters. The van der Waals surface area contributed by atoms with E-state index in [1.165, 1.54) is 0 Å². The van der Waals surface area contributed by atoms with Crippen LogP contribution in [-0.2, 0) is 0 Å². The quantitative estimate of drug-likeness (QED) is 0.513. The Labute approximate surface area is 76.6 Å². The predicted molar refractivity (Wildman–Crippen MR) is 47.8 cm³/mol. The van der Waals surface area contributed by atoms with Crippen molar-refractivity contribution in [3.05, 3.63) is 17.4 Å². The predicted octanol–water partition coefficient (Wildman–Crippen LogP) is 0.663. The zero-order valence-electron chi connectivity index (χ0n) is 6.35. The van der Waals surface area contributed by atoms with Gasteiger partial charge in [-0.15, -0.1) is 0 Å². The monoisotopic (exact) mass is 192 g/mol. The molecule has 0 saturated heterocycles. The lowest BCUT2D eigenvalue weighted by Crippen LogP contribution is -1.93. The summed E-state index contributed by atoms with van der Waals surface area (Å²) in [7, 11) is 0. The number of hydrogen-bond donors (Lipinski definition) is 2. The zero-order chi connectivity index (χ0) is 8.84. The van der Waals surface area contributed by atoms with Crippen LogP contribution in [0.15, 0.2) is 12.7 Å². The van der Waals surface area contributed by atoms with E-state index in [9.17, 15) is 0 Å². The lowest BCUT2D eigenvalue weighted by molar-refractivity contribution is 0.912. The highest BCUT2D eigenvalue weighted by Gasteiger charge is 2.05. The van der Waals surface area contributed by atoms with Crippen molar-refractivity contribution in [3.8, 4) is 0 Å². The fourth-order valence-corrected chi connectivity index (χ4v) is 1.49. The van der Waals surface area contributed by atoms with Crippen molar-refractivity contribution in [2.45, 2.75) is 0 Å². The van der Waals surface area contributed by atoms with Crippen molar-refractivity contribution in [3.63, 3.8) is 0 Å². The third kappa shape index (κ3) is 0.760. The Morgan fingerprint density at radius 2 is 2.23 bits per heavy atom. The maximum Gasteiger partial charge on any atom is 0.222 e. The van der Waals surface area contributed by atoms with Crippen LogP contribution in [0.1, 0.15) is 0 Å². The second kappa shape index (κ2) is 2.13. The van der Waals surface area contributed by atoms with Gasteiger partial charge in [0.1, 0.15) is 11.8 Å². The average Bonchev–Trinajstić information content (AvgIpc) is 2.66. The Bertz CT molecular complexity index is 631. The van der Waals surface area contributed by atoms with Crippen molar-refractivity contribution < 1.29 is 0 Å². The first-order valence-electron chi connectivity index (χ1n) is 3.61. The molecular weight excluding hydrogens is 188 g/mol. The van der Waals surface area contributed by atoms with Gasteiger partial charge in [0.2, 0.25) is 4.77 Å². The average molecular weight is 192 g/mol. The third-order valence-electron chi connectivity index (χ3n) is 1.82. The molecule has 3 aromatic rings. The molecule has 0 fully saturated rings. The van der Waals surface area contributed by atoms with E-state index in [4.69, 9.17) is 12.2 Å². The van der Waals surface area contributed by atoms with Gasteiger partial charge in [0, 0.05) is 0 Å². The van der Waals surface area contributed by atoms with Crippen molar-refractivity contribution in [1.82, 2.24) is 29.5 Å². The highest BCUT2D eigenvalue weighted by molar-refractivity contribution is 7.71. The van der Waals surface area contributed by atoms with Gasteiger partial charge in [-0.2, -0.15) is 4.98 Å². The number of aromatic nitrogens is 6. The largest absolute Gasteiger partial charge is 0.340 e. The Morgan fingerprint density at radius 3 is 3.15 bits per heavy atom. The smallest absolute Gasteiger partial charge is 0.222 e. The van der Waals surface area contributed by atoms with Crippen LogP contribution < -0.4 is 0 Å². The van der Waals surface area contributed by atoms with Gasteiger partial charge in [0.15, 0.2) is 11.3 Å². The number of aromatic amines is 2. The van der Waals surface area contributed by atoms with Gasteiger partial charge < -0.3 is 4.98 Å². The summed E-state index contributed by atoms with van der Waals surface area (Å²) in [5, 5.41) is 2.86. The number of hydrogen-bond acceptors (Lipinski definition) is 4. The van der Waals surface area contributed by atoms with Crippen molar-refractivity contribution >= 4 is 29.0 Å². The molecule has 0 amide bonds. The van der Waals surface area contributed by atoms with Crippen LogP contribution >= 0.6 is 12.2 Å². The summed E-state index contributed by atoms with van der Waals surface area (Å²) in [6.45, 7) is 0. The second-order valence-corrected chi connectivity index (χ2v) is 2.91. The van der Waals surface area contributed by atoms with E-state index in [0.717, 1.165) is 5.52 Å². The van der Waals surface area contributed by atoms with E-state index in [2.05, 4.69) is 25.0 Å². The first kappa shape index (κ1) is 6.72. The molecule has 0 aliphatic rings. The molecule has 3 rings (SSSR count). The molecule has 0 atom stereocenters. The number of H-pyrrole nitrogens is 2. The first-order valence-corrected chi connectivity index (χ1v) is 4.02. The Kier molecular flexibility index (Phi) is 1.10. The van der Waals surface area contributed by atoms with E-state index < -0.39 is 0 Å². The standard InChI is InChI=1S/C6H4N6S/c13-6-11-4-3(7-1-8-4)5-9-2-10-12(5)6/h1-2H,(H,9,10)(H,7,8,11,13). The summed E-state index contributed by atoms with van der Waals surface area (Å²) < 4.78 is 2.04. The molecule has 0 aliphatic carbocycles. The highest BCUT2D eigenvalue weighted by atomic mass is 32.1. The van der Waals surface area contributed by atoms with Crippen LogP contribution in [0.2, 0.25) is 0 Å². The maximum absolute atomic E-state index is 5.03. The number of rotatable bonds is 0. The molecule has 3 heterocycles. The Hall–Kier alpha value is -1.76. The third-order valence-corrected chi connectivity index (χ3v) is 2.10. The SMILES string of the molecule is S=c1nc2nc[nH]c2c2nc[nH]n12. The maximum atomic E-state index is 5.03. The Morgan fingerprint density at radius 1 is 1.31 bits per heavy atom. The lowest BCUT2D eigenvalue weighted by atomic mass is 10.5. The molecule has 2 N–H and O–H groups in total. The topological polar surface area (TPSA) is 74.7 Å². The highest BCUT2D eigenvalue weighted by Crippen LogP contribution is 2.10. The zero-order valence-corrected chi connectivity index (χ0v) is 7.17. The molecule has 6 nitrogen and oxygen atoms in total. The number of nitrogens with zero attached hydrogens (tertiary/aromatic N) is 4. The first-order chi connectivity index (χ1) is 6.36. The van der Waals surface area contributed by atoms with E-state index in [-0.39, 0.29) is 0 Å². The van der Waals surface area contributed by atoms with Gasteiger partial charge in [0.25, 0.3) is 0 Å². The molecule has 64 valence electrons. The summed E-state index contributed by atoms with van der Waals surface area (Å²) in [6, 6.07) is 0. The van der Waals surface area contributed by atoms with E-state index >= 15 is 0 Å². The van der Waals surface area contributed by atoms with Crippen molar-refractivity contribution in [2.24, 2.45) is 0 Å². The number of fused-ring (bicyclic) bond motifs is 3. The molecular formula is C6H4N6S. The van der Waals surface area contributed by atoms with Crippen LogP contribution in [0.3, 0.4) is 0 Å². The molecule has 13 heavy (non-hydrogen) atoms. The fraction of sp³-hybridized carbons (Fsp3) is 0. The van der Waals surface area contributed by atoms with Crippen molar-refractivity contribution in [1.29, 1.82) is 0 Å². The fourth-order valence-electron chi connectivity index (χ4n) is 1.27. The summed E-state index contributed by atoms with van der Waals surface area (Å²) in [5.41, 5.74) is 2.10.